The predicted molar refractivity (Wildman–Crippen MR) is 120 cm³/mol. The molecule has 5 rings (SSSR count). The zero-order valence-corrected chi connectivity index (χ0v) is 17.9. The second kappa shape index (κ2) is 8.52. The molecule has 31 heavy (non-hydrogen) atoms. The molecule has 3 aromatic heterocycles. The molecule has 1 saturated heterocycles. The number of halogens is 1. The molecular formula is C21H23ClN8O. The van der Waals surface area contributed by atoms with E-state index < -0.39 is 0 Å². The number of anilines is 3. The number of fused-ring (bicyclic) bond motifs is 1. The van der Waals surface area contributed by atoms with Crippen LogP contribution in [0.4, 0.5) is 17.6 Å². The van der Waals surface area contributed by atoms with E-state index in [2.05, 4.69) is 25.9 Å². The molecule has 1 aliphatic heterocycles. The number of aromatic nitrogens is 6. The molecule has 0 amide bonds. The highest BCUT2D eigenvalue weighted by molar-refractivity contribution is 6.30. The number of ether oxygens (including phenoxy) is 1. The van der Waals surface area contributed by atoms with Crippen LogP contribution in [0.3, 0.4) is 0 Å². The number of rotatable bonds is 6. The smallest absolute Gasteiger partial charge is 0.227 e. The Hall–Kier alpha value is -3.17. The second-order valence-corrected chi connectivity index (χ2v) is 8.04. The normalized spacial score (nSPS) is 14.8. The summed E-state index contributed by atoms with van der Waals surface area (Å²) in [5.74, 6) is 1.87. The van der Waals surface area contributed by atoms with Gasteiger partial charge in [-0.3, -0.25) is 5.10 Å². The van der Waals surface area contributed by atoms with Gasteiger partial charge in [-0.25, -0.2) is 4.68 Å². The largest absolute Gasteiger partial charge is 0.381 e. The molecule has 160 valence electrons. The average Bonchev–Trinajstić information content (AvgIpc) is 3.40. The quantitative estimate of drug-likeness (QED) is 0.414. The van der Waals surface area contributed by atoms with Crippen molar-refractivity contribution in [2.45, 2.75) is 32.4 Å². The first kappa shape index (κ1) is 19.8. The summed E-state index contributed by atoms with van der Waals surface area (Å²) < 4.78 is 7.51. The Morgan fingerprint density at radius 3 is 2.74 bits per heavy atom. The van der Waals surface area contributed by atoms with E-state index in [1.165, 1.54) is 0 Å². The van der Waals surface area contributed by atoms with Crippen LogP contribution in [0.1, 0.15) is 30.1 Å². The number of aryl methyl sites for hydroxylation is 1. The average molecular weight is 439 g/mol. The lowest BCUT2D eigenvalue weighted by Gasteiger charge is -2.22. The van der Waals surface area contributed by atoms with Gasteiger partial charge in [-0.2, -0.15) is 20.2 Å². The molecule has 1 aliphatic rings. The van der Waals surface area contributed by atoms with Gasteiger partial charge in [-0.1, -0.05) is 23.7 Å². The number of aromatic amines is 1. The van der Waals surface area contributed by atoms with E-state index in [1.807, 2.05) is 48.1 Å². The Labute approximate surface area is 184 Å². The molecule has 1 aromatic carbocycles. The molecule has 0 aliphatic carbocycles. The van der Waals surface area contributed by atoms with Gasteiger partial charge < -0.3 is 15.4 Å². The zero-order chi connectivity index (χ0) is 21.2. The minimum Gasteiger partial charge on any atom is -0.381 e. The Bertz CT molecular complexity index is 1180. The van der Waals surface area contributed by atoms with Gasteiger partial charge in [0.15, 0.2) is 11.5 Å². The first-order chi connectivity index (χ1) is 15.2. The maximum Gasteiger partial charge on any atom is 0.227 e. The molecule has 0 bridgehead atoms. The highest BCUT2D eigenvalue weighted by Crippen LogP contribution is 2.29. The van der Waals surface area contributed by atoms with Crippen molar-refractivity contribution < 1.29 is 4.74 Å². The van der Waals surface area contributed by atoms with E-state index >= 15 is 0 Å². The van der Waals surface area contributed by atoms with Gasteiger partial charge in [-0.15, -0.1) is 0 Å². The summed E-state index contributed by atoms with van der Waals surface area (Å²) in [6.45, 7) is 4.00. The zero-order valence-electron chi connectivity index (χ0n) is 17.1. The molecule has 0 saturated carbocycles. The number of H-pyrrole nitrogens is 1. The maximum absolute atomic E-state index is 5.99. The fourth-order valence-corrected chi connectivity index (χ4v) is 3.81. The fourth-order valence-electron chi connectivity index (χ4n) is 3.68. The van der Waals surface area contributed by atoms with Crippen LogP contribution in [0.2, 0.25) is 5.02 Å². The number of nitrogens with zero attached hydrogens (tertiary/aromatic N) is 5. The third-order valence-electron chi connectivity index (χ3n) is 5.31. The number of hydrogen-bond acceptors (Lipinski definition) is 7. The molecule has 3 N–H and O–H groups in total. The van der Waals surface area contributed by atoms with Crippen molar-refractivity contribution in [3.05, 3.63) is 52.8 Å². The molecule has 0 spiro atoms. The van der Waals surface area contributed by atoms with Gasteiger partial charge in [0.1, 0.15) is 5.82 Å². The van der Waals surface area contributed by atoms with E-state index in [9.17, 15) is 0 Å². The summed E-state index contributed by atoms with van der Waals surface area (Å²) in [6, 6.07) is 9.88. The van der Waals surface area contributed by atoms with Crippen LogP contribution < -0.4 is 10.6 Å². The van der Waals surface area contributed by atoms with E-state index in [0.29, 0.717) is 29.2 Å². The number of benzene rings is 1. The van der Waals surface area contributed by atoms with E-state index in [0.717, 1.165) is 48.3 Å². The fraction of sp³-hybridized carbons (Fsp3) is 0.333. The molecule has 10 heteroatoms. The van der Waals surface area contributed by atoms with Crippen molar-refractivity contribution >= 4 is 40.2 Å². The monoisotopic (exact) mass is 438 g/mol. The van der Waals surface area contributed by atoms with Crippen LogP contribution in [0.5, 0.6) is 0 Å². The Morgan fingerprint density at radius 1 is 1.19 bits per heavy atom. The SMILES string of the molecule is Cc1cc(Nc2nc(NCc3ccc(Cl)cc3)nc3c2cnn3C2CCOCC2)n[nH]1. The number of hydrogen-bond donors (Lipinski definition) is 3. The third-order valence-corrected chi connectivity index (χ3v) is 5.56. The third kappa shape index (κ3) is 4.33. The topological polar surface area (TPSA) is 106 Å². The van der Waals surface area contributed by atoms with Gasteiger partial charge in [0.05, 0.1) is 17.6 Å². The molecule has 4 aromatic rings. The van der Waals surface area contributed by atoms with E-state index in [4.69, 9.17) is 26.3 Å². The summed E-state index contributed by atoms with van der Waals surface area (Å²) in [6.07, 6.45) is 3.64. The summed E-state index contributed by atoms with van der Waals surface area (Å²) in [4.78, 5) is 9.50. The van der Waals surface area contributed by atoms with Crippen molar-refractivity contribution in [1.29, 1.82) is 0 Å². The summed E-state index contributed by atoms with van der Waals surface area (Å²) >= 11 is 5.99. The minimum absolute atomic E-state index is 0.255. The predicted octanol–water partition coefficient (Wildman–Crippen LogP) is 4.22. The van der Waals surface area contributed by atoms with Crippen LogP contribution in [0.15, 0.2) is 36.5 Å². The molecule has 1 fully saturated rings. The van der Waals surface area contributed by atoms with Gasteiger partial charge in [0, 0.05) is 36.5 Å². The van der Waals surface area contributed by atoms with Crippen molar-refractivity contribution in [3.63, 3.8) is 0 Å². The molecule has 0 atom stereocenters. The highest BCUT2D eigenvalue weighted by atomic mass is 35.5. The molecular weight excluding hydrogens is 416 g/mol. The van der Waals surface area contributed by atoms with Gasteiger partial charge in [0.25, 0.3) is 0 Å². The Balaban J connectivity index is 1.49. The maximum atomic E-state index is 5.99. The van der Waals surface area contributed by atoms with Crippen LogP contribution in [-0.4, -0.2) is 43.2 Å². The lowest BCUT2D eigenvalue weighted by Crippen LogP contribution is -2.21. The summed E-state index contributed by atoms with van der Waals surface area (Å²) in [7, 11) is 0. The van der Waals surface area contributed by atoms with Crippen LogP contribution in [-0.2, 0) is 11.3 Å². The van der Waals surface area contributed by atoms with Crippen LogP contribution in [0, 0.1) is 6.92 Å². The van der Waals surface area contributed by atoms with Gasteiger partial charge in [-0.05, 0) is 37.5 Å². The first-order valence-corrected chi connectivity index (χ1v) is 10.6. The lowest BCUT2D eigenvalue weighted by atomic mass is 10.1. The van der Waals surface area contributed by atoms with Gasteiger partial charge >= 0.3 is 0 Å². The minimum atomic E-state index is 0.255. The lowest BCUT2D eigenvalue weighted by molar-refractivity contribution is 0.0673. The first-order valence-electron chi connectivity index (χ1n) is 10.3. The summed E-state index contributed by atoms with van der Waals surface area (Å²) in [5, 5.41) is 20.0. The van der Waals surface area contributed by atoms with Crippen LogP contribution in [0.25, 0.3) is 11.0 Å². The summed E-state index contributed by atoms with van der Waals surface area (Å²) in [5.41, 5.74) is 2.84. The Kier molecular flexibility index (Phi) is 5.44. The second-order valence-electron chi connectivity index (χ2n) is 7.61. The number of nitrogens with one attached hydrogen (secondary N) is 3. The van der Waals surface area contributed by atoms with Crippen molar-refractivity contribution in [1.82, 2.24) is 29.9 Å². The molecule has 9 nitrogen and oxygen atoms in total. The highest BCUT2D eigenvalue weighted by Gasteiger charge is 2.21. The molecule has 0 radical (unpaired) electrons. The molecule has 4 heterocycles. The van der Waals surface area contributed by atoms with Crippen LogP contribution >= 0.6 is 11.6 Å². The van der Waals surface area contributed by atoms with Crippen molar-refractivity contribution in [2.24, 2.45) is 0 Å². The Morgan fingerprint density at radius 2 is 2.00 bits per heavy atom. The van der Waals surface area contributed by atoms with Crippen molar-refractivity contribution in [3.8, 4) is 0 Å². The van der Waals surface area contributed by atoms with E-state index in [1.54, 1.807) is 0 Å². The van der Waals surface area contributed by atoms with E-state index in [-0.39, 0.29) is 6.04 Å². The standard InChI is InChI=1S/C21H23ClN8O/c1-13-10-18(29-28-13)25-19-17-12-24-30(16-6-8-31-9-7-16)20(17)27-21(26-19)23-11-14-2-4-15(22)5-3-14/h2-5,10,12,16H,6-9,11H2,1H3,(H3,23,25,26,27,28,29). The van der Waals surface area contributed by atoms with Gasteiger partial charge in [0.2, 0.25) is 5.95 Å². The molecule has 0 unspecified atom stereocenters. The van der Waals surface area contributed by atoms with Crippen molar-refractivity contribution in [2.75, 3.05) is 23.8 Å².